The Kier molecular flexibility index (Phi) is 3.59. The van der Waals surface area contributed by atoms with Gasteiger partial charge >= 0.3 is 0 Å². The van der Waals surface area contributed by atoms with Crippen molar-refractivity contribution in [2.45, 2.75) is 38.3 Å². The third kappa shape index (κ3) is 3.33. The summed E-state index contributed by atoms with van der Waals surface area (Å²) in [7, 11) is 0. The predicted octanol–water partition coefficient (Wildman–Crippen LogP) is 3.42. The van der Waals surface area contributed by atoms with Crippen LogP contribution in [0.25, 0.3) is 0 Å². The van der Waals surface area contributed by atoms with Crippen molar-refractivity contribution in [2.75, 3.05) is 11.9 Å². The molecule has 0 amide bonds. The lowest BCUT2D eigenvalue weighted by atomic mass is 9.89. The summed E-state index contributed by atoms with van der Waals surface area (Å²) in [5.41, 5.74) is 1.04. The second-order valence-corrected chi connectivity index (χ2v) is 5.68. The molecule has 1 aliphatic heterocycles. The van der Waals surface area contributed by atoms with Crippen LogP contribution in [-0.4, -0.2) is 18.1 Å². The molecule has 1 aliphatic rings. The lowest BCUT2D eigenvalue weighted by Gasteiger charge is -2.37. The molecule has 1 aromatic carbocycles. The topological polar surface area (TPSA) is 24.1 Å². The van der Waals surface area contributed by atoms with Gasteiger partial charge < -0.3 is 10.6 Å². The molecule has 4 heteroatoms. The zero-order valence-electron chi connectivity index (χ0n) is 10.2. The van der Waals surface area contributed by atoms with Crippen molar-refractivity contribution >= 4 is 17.3 Å². The van der Waals surface area contributed by atoms with E-state index in [0.29, 0.717) is 6.04 Å². The van der Waals surface area contributed by atoms with Gasteiger partial charge in [-0.15, -0.1) is 0 Å². The Bertz CT molecular complexity index is 406. The highest BCUT2D eigenvalue weighted by Gasteiger charge is 2.27. The van der Waals surface area contributed by atoms with E-state index in [9.17, 15) is 4.39 Å². The maximum Gasteiger partial charge on any atom is 0.141 e. The standard InChI is InChI=1S/C13H18ClFN2/c1-13(2)8-10(5-6-16-13)17-9-3-4-12(15)11(14)7-9/h3-4,7,10,16-17H,5-6,8H2,1-2H3. The quantitative estimate of drug-likeness (QED) is 0.847. The maximum atomic E-state index is 13.0. The first-order chi connectivity index (χ1) is 7.96. The maximum absolute atomic E-state index is 13.0. The second kappa shape index (κ2) is 4.83. The highest BCUT2D eigenvalue weighted by Crippen LogP contribution is 2.24. The van der Waals surface area contributed by atoms with E-state index in [4.69, 9.17) is 11.6 Å². The van der Waals surface area contributed by atoms with E-state index in [0.717, 1.165) is 25.1 Å². The highest BCUT2D eigenvalue weighted by molar-refractivity contribution is 6.31. The number of nitrogens with one attached hydrogen (secondary N) is 2. The molecule has 1 aromatic rings. The molecule has 2 N–H and O–H groups in total. The van der Waals surface area contributed by atoms with Crippen molar-refractivity contribution in [3.05, 3.63) is 29.0 Å². The van der Waals surface area contributed by atoms with Crippen molar-refractivity contribution < 1.29 is 4.39 Å². The molecular weight excluding hydrogens is 239 g/mol. The van der Waals surface area contributed by atoms with E-state index < -0.39 is 0 Å². The van der Waals surface area contributed by atoms with Crippen molar-refractivity contribution in [3.63, 3.8) is 0 Å². The average Bonchev–Trinajstić information content (AvgIpc) is 2.22. The van der Waals surface area contributed by atoms with Crippen LogP contribution in [0.1, 0.15) is 26.7 Å². The fourth-order valence-corrected chi connectivity index (χ4v) is 2.50. The van der Waals surface area contributed by atoms with Gasteiger partial charge in [-0.25, -0.2) is 4.39 Å². The van der Waals surface area contributed by atoms with Gasteiger partial charge in [-0.05, 0) is 51.4 Å². The number of benzene rings is 1. The van der Waals surface area contributed by atoms with E-state index in [1.54, 1.807) is 12.1 Å². The average molecular weight is 257 g/mol. The molecule has 1 fully saturated rings. The lowest BCUT2D eigenvalue weighted by Crippen LogP contribution is -2.50. The second-order valence-electron chi connectivity index (χ2n) is 5.27. The fourth-order valence-electron chi connectivity index (χ4n) is 2.32. The van der Waals surface area contributed by atoms with Gasteiger partial charge in [0.2, 0.25) is 0 Å². The first-order valence-corrected chi connectivity index (χ1v) is 6.31. The molecule has 94 valence electrons. The van der Waals surface area contributed by atoms with Gasteiger partial charge in [-0.2, -0.15) is 0 Å². The van der Waals surface area contributed by atoms with Gasteiger partial charge in [-0.3, -0.25) is 0 Å². The van der Waals surface area contributed by atoms with E-state index in [1.807, 2.05) is 0 Å². The number of anilines is 1. The lowest BCUT2D eigenvalue weighted by molar-refractivity contribution is 0.286. The summed E-state index contributed by atoms with van der Waals surface area (Å²) < 4.78 is 13.0. The SMILES string of the molecule is CC1(C)CC(Nc2ccc(F)c(Cl)c2)CCN1. The van der Waals surface area contributed by atoms with Crippen LogP contribution in [0.2, 0.25) is 5.02 Å². The molecule has 2 nitrogen and oxygen atoms in total. The third-order valence-electron chi connectivity index (χ3n) is 3.14. The number of piperidine rings is 1. The van der Waals surface area contributed by atoms with E-state index >= 15 is 0 Å². The molecule has 1 atom stereocenters. The van der Waals surface area contributed by atoms with Crippen LogP contribution in [0.3, 0.4) is 0 Å². The van der Waals surface area contributed by atoms with Crippen molar-refractivity contribution in [3.8, 4) is 0 Å². The molecule has 0 radical (unpaired) electrons. The first-order valence-electron chi connectivity index (χ1n) is 5.93. The molecular formula is C13H18ClFN2. The van der Waals surface area contributed by atoms with Crippen LogP contribution in [0, 0.1) is 5.82 Å². The first kappa shape index (κ1) is 12.7. The Morgan fingerprint density at radius 2 is 2.24 bits per heavy atom. The number of hydrogen-bond acceptors (Lipinski definition) is 2. The zero-order chi connectivity index (χ0) is 12.5. The van der Waals surface area contributed by atoms with Crippen LogP contribution in [0.5, 0.6) is 0 Å². The number of halogens is 2. The van der Waals surface area contributed by atoms with Gasteiger partial charge in [0, 0.05) is 17.3 Å². The normalized spacial score (nSPS) is 23.4. The Morgan fingerprint density at radius 3 is 2.88 bits per heavy atom. The van der Waals surface area contributed by atoms with Gasteiger partial charge in [0.25, 0.3) is 0 Å². The summed E-state index contributed by atoms with van der Waals surface area (Å²) in [5.74, 6) is -0.372. The van der Waals surface area contributed by atoms with Crippen LogP contribution in [0.15, 0.2) is 18.2 Å². The summed E-state index contributed by atoms with van der Waals surface area (Å²) in [6, 6.07) is 5.19. The Hall–Kier alpha value is -0.800. The predicted molar refractivity (Wildman–Crippen MR) is 70.1 cm³/mol. The molecule has 2 rings (SSSR count). The van der Waals surface area contributed by atoms with Crippen molar-refractivity contribution in [1.82, 2.24) is 5.32 Å². The molecule has 0 saturated carbocycles. The minimum absolute atomic E-state index is 0.153. The van der Waals surface area contributed by atoms with Gasteiger partial charge in [0.05, 0.1) is 5.02 Å². The van der Waals surface area contributed by atoms with Crippen LogP contribution in [0.4, 0.5) is 10.1 Å². The molecule has 0 spiro atoms. The van der Waals surface area contributed by atoms with Crippen LogP contribution in [-0.2, 0) is 0 Å². The Balaban J connectivity index is 2.03. The number of rotatable bonds is 2. The largest absolute Gasteiger partial charge is 0.382 e. The minimum Gasteiger partial charge on any atom is -0.382 e. The van der Waals surface area contributed by atoms with E-state index in [1.165, 1.54) is 6.07 Å². The highest BCUT2D eigenvalue weighted by atomic mass is 35.5. The van der Waals surface area contributed by atoms with E-state index in [-0.39, 0.29) is 16.4 Å². The van der Waals surface area contributed by atoms with Crippen LogP contribution < -0.4 is 10.6 Å². The summed E-state index contributed by atoms with van der Waals surface area (Å²) >= 11 is 5.76. The Labute approximate surface area is 107 Å². The Morgan fingerprint density at radius 1 is 1.47 bits per heavy atom. The van der Waals surface area contributed by atoms with Gasteiger partial charge in [-0.1, -0.05) is 11.6 Å². The van der Waals surface area contributed by atoms with E-state index in [2.05, 4.69) is 24.5 Å². The zero-order valence-corrected chi connectivity index (χ0v) is 10.9. The smallest absolute Gasteiger partial charge is 0.141 e. The van der Waals surface area contributed by atoms with Gasteiger partial charge in [0.15, 0.2) is 0 Å². The fraction of sp³-hybridized carbons (Fsp3) is 0.538. The molecule has 1 unspecified atom stereocenters. The third-order valence-corrected chi connectivity index (χ3v) is 3.43. The number of hydrogen-bond donors (Lipinski definition) is 2. The molecule has 0 aromatic heterocycles. The molecule has 0 aliphatic carbocycles. The monoisotopic (exact) mass is 256 g/mol. The minimum atomic E-state index is -0.372. The molecule has 1 saturated heterocycles. The van der Waals surface area contributed by atoms with Crippen LogP contribution >= 0.6 is 11.6 Å². The van der Waals surface area contributed by atoms with Crippen molar-refractivity contribution in [2.24, 2.45) is 0 Å². The molecule has 0 bridgehead atoms. The summed E-state index contributed by atoms with van der Waals surface area (Å²) in [4.78, 5) is 0. The molecule has 17 heavy (non-hydrogen) atoms. The van der Waals surface area contributed by atoms with Crippen molar-refractivity contribution in [1.29, 1.82) is 0 Å². The summed E-state index contributed by atoms with van der Waals surface area (Å²) in [6.07, 6.45) is 2.11. The summed E-state index contributed by atoms with van der Waals surface area (Å²) in [6.45, 7) is 5.39. The van der Waals surface area contributed by atoms with Gasteiger partial charge in [0.1, 0.15) is 5.82 Å². The molecule has 1 heterocycles. The summed E-state index contributed by atoms with van der Waals surface area (Å²) in [5, 5.41) is 7.05.